The molecule has 0 atom stereocenters. The van der Waals surface area contributed by atoms with Gasteiger partial charge in [0.25, 0.3) is 5.91 Å². The molecule has 0 spiro atoms. The van der Waals surface area contributed by atoms with E-state index in [0.717, 1.165) is 13.0 Å². The van der Waals surface area contributed by atoms with Gasteiger partial charge in [-0.25, -0.2) is 4.98 Å². The maximum Gasteiger partial charge on any atom is 0.272 e. The van der Waals surface area contributed by atoms with Gasteiger partial charge >= 0.3 is 0 Å². The second kappa shape index (κ2) is 7.04. The van der Waals surface area contributed by atoms with Crippen molar-refractivity contribution >= 4 is 11.7 Å². The number of anilines is 1. The molecule has 0 aliphatic heterocycles. The van der Waals surface area contributed by atoms with E-state index in [1.54, 1.807) is 13.3 Å². The van der Waals surface area contributed by atoms with E-state index >= 15 is 0 Å². The van der Waals surface area contributed by atoms with Crippen LogP contribution < -0.4 is 10.6 Å². The highest BCUT2D eigenvalue weighted by molar-refractivity contribution is 5.92. The quantitative estimate of drug-likeness (QED) is 0.781. The summed E-state index contributed by atoms with van der Waals surface area (Å²) >= 11 is 0. The Hall–Kier alpha value is -1.69. The van der Waals surface area contributed by atoms with Crippen LogP contribution in [0.5, 0.6) is 0 Å². The van der Waals surface area contributed by atoms with Gasteiger partial charge < -0.3 is 15.4 Å². The zero-order valence-electron chi connectivity index (χ0n) is 12.0. The van der Waals surface area contributed by atoms with Crippen LogP contribution in [0.4, 0.5) is 5.82 Å². The topological polar surface area (TPSA) is 76.1 Å². The van der Waals surface area contributed by atoms with Gasteiger partial charge in [-0.05, 0) is 20.3 Å². The van der Waals surface area contributed by atoms with E-state index in [9.17, 15) is 4.79 Å². The van der Waals surface area contributed by atoms with Crippen molar-refractivity contribution in [3.8, 4) is 0 Å². The molecule has 0 aliphatic rings. The monoisotopic (exact) mass is 266 g/mol. The fourth-order valence-electron chi connectivity index (χ4n) is 1.58. The summed E-state index contributed by atoms with van der Waals surface area (Å²) in [5, 5.41) is 5.96. The minimum atomic E-state index is -0.444. The molecular weight excluding hydrogens is 244 g/mol. The van der Waals surface area contributed by atoms with Gasteiger partial charge in [0.2, 0.25) is 0 Å². The second-order valence-corrected chi connectivity index (χ2v) is 4.99. The van der Waals surface area contributed by atoms with Crippen LogP contribution in [0.3, 0.4) is 0 Å². The highest BCUT2D eigenvalue weighted by atomic mass is 16.5. The van der Waals surface area contributed by atoms with Crippen molar-refractivity contribution in [2.45, 2.75) is 32.7 Å². The van der Waals surface area contributed by atoms with Crippen LogP contribution in [0.1, 0.15) is 37.7 Å². The number of amides is 1. The van der Waals surface area contributed by atoms with Crippen molar-refractivity contribution in [3.63, 3.8) is 0 Å². The van der Waals surface area contributed by atoms with Crippen molar-refractivity contribution < 1.29 is 9.53 Å². The van der Waals surface area contributed by atoms with Crippen LogP contribution in [-0.4, -0.2) is 41.7 Å². The Labute approximate surface area is 114 Å². The maximum absolute atomic E-state index is 12.1. The fraction of sp³-hybridized carbons (Fsp3) is 0.615. The summed E-state index contributed by atoms with van der Waals surface area (Å²) in [7, 11) is 1.60. The highest BCUT2D eigenvalue weighted by Crippen LogP contribution is 2.06. The largest absolute Gasteiger partial charge is 0.382 e. The summed E-state index contributed by atoms with van der Waals surface area (Å²) in [6, 6.07) is 0. The normalized spacial score (nSPS) is 11.2. The zero-order valence-corrected chi connectivity index (χ0v) is 12.0. The Morgan fingerprint density at radius 2 is 2.16 bits per heavy atom. The molecule has 6 nitrogen and oxygen atoms in total. The predicted molar refractivity (Wildman–Crippen MR) is 74.2 cm³/mol. The van der Waals surface area contributed by atoms with Crippen molar-refractivity contribution in [1.29, 1.82) is 0 Å². The first-order valence-corrected chi connectivity index (χ1v) is 6.36. The standard InChI is InChI=1S/C13H22N4O2/c1-5-6-15-11-8-14-7-10(16-11)12(18)17-13(2,3)9-19-4/h7-8H,5-6,9H2,1-4H3,(H,15,16)(H,17,18). The minimum Gasteiger partial charge on any atom is -0.382 e. The number of nitrogens with one attached hydrogen (secondary N) is 2. The Kier molecular flexibility index (Phi) is 5.69. The molecule has 0 bridgehead atoms. The van der Waals surface area contributed by atoms with Crippen LogP contribution in [0.2, 0.25) is 0 Å². The summed E-state index contributed by atoms with van der Waals surface area (Å²) in [6.45, 7) is 7.07. The first kappa shape index (κ1) is 15.4. The number of carbonyl (C=O) groups excluding carboxylic acids is 1. The van der Waals surface area contributed by atoms with Gasteiger partial charge in [-0.15, -0.1) is 0 Å². The molecule has 1 amide bonds. The molecule has 2 N–H and O–H groups in total. The Morgan fingerprint density at radius 3 is 2.79 bits per heavy atom. The smallest absolute Gasteiger partial charge is 0.272 e. The Morgan fingerprint density at radius 1 is 1.42 bits per heavy atom. The van der Waals surface area contributed by atoms with E-state index in [4.69, 9.17) is 4.74 Å². The first-order chi connectivity index (χ1) is 8.98. The molecule has 1 aromatic rings. The molecule has 1 rings (SSSR count). The average molecular weight is 266 g/mol. The van der Waals surface area contributed by atoms with Crippen LogP contribution in [0, 0.1) is 0 Å². The number of methoxy groups -OCH3 is 1. The third-order valence-corrected chi connectivity index (χ3v) is 2.38. The van der Waals surface area contributed by atoms with E-state index in [1.807, 2.05) is 13.8 Å². The average Bonchev–Trinajstić information content (AvgIpc) is 2.36. The highest BCUT2D eigenvalue weighted by Gasteiger charge is 2.22. The maximum atomic E-state index is 12.1. The molecule has 1 heterocycles. The molecule has 106 valence electrons. The number of hydrogen-bond acceptors (Lipinski definition) is 5. The minimum absolute atomic E-state index is 0.255. The summed E-state index contributed by atoms with van der Waals surface area (Å²) in [6.07, 6.45) is 4.04. The number of nitrogens with zero attached hydrogens (tertiary/aromatic N) is 2. The van der Waals surface area contributed by atoms with Gasteiger partial charge in [0, 0.05) is 13.7 Å². The van der Waals surface area contributed by atoms with Crippen molar-refractivity contribution in [2.24, 2.45) is 0 Å². The van der Waals surface area contributed by atoms with Gasteiger partial charge in [-0.1, -0.05) is 6.92 Å². The molecule has 0 aromatic carbocycles. The van der Waals surface area contributed by atoms with E-state index in [-0.39, 0.29) is 5.91 Å². The van der Waals surface area contributed by atoms with Crippen LogP contribution in [-0.2, 0) is 4.74 Å². The number of aromatic nitrogens is 2. The SMILES string of the molecule is CCCNc1cncc(C(=O)NC(C)(C)COC)n1. The fourth-order valence-corrected chi connectivity index (χ4v) is 1.58. The van der Waals surface area contributed by atoms with Crippen molar-refractivity contribution in [2.75, 3.05) is 25.6 Å². The number of ether oxygens (including phenoxy) is 1. The van der Waals surface area contributed by atoms with E-state index in [0.29, 0.717) is 18.1 Å². The molecule has 1 aromatic heterocycles. The summed E-state index contributed by atoms with van der Waals surface area (Å²) < 4.78 is 5.06. The lowest BCUT2D eigenvalue weighted by Crippen LogP contribution is -2.47. The van der Waals surface area contributed by atoms with Crippen LogP contribution in [0.25, 0.3) is 0 Å². The van der Waals surface area contributed by atoms with Gasteiger partial charge in [-0.3, -0.25) is 9.78 Å². The van der Waals surface area contributed by atoms with Crippen LogP contribution in [0.15, 0.2) is 12.4 Å². The molecule has 0 saturated heterocycles. The Balaban J connectivity index is 2.71. The predicted octanol–water partition coefficient (Wildman–Crippen LogP) is 1.45. The van der Waals surface area contributed by atoms with Crippen molar-refractivity contribution in [1.82, 2.24) is 15.3 Å². The van der Waals surface area contributed by atoms with Crippen molar-refractivity contribution in [3.05, 3.63) is 18.1 Å². The summed E-state index contributed by atoms with van der Waals surface area (Å²) in [4.78, 5) is 20.3. The van der Waals surface area contributed by atoms with Gasteiger partial charge in [-0.2, -0.15) is 0 Å². The van der Waals surface area contributed by atoms with E-state index < -0.39 is 5.54 Å². The molecule has 0 saturated carbocycles. The molecule has 0 radical (unpaired) electrons. The molecular formula is C13H22N4O2. The number of carbonyl (C=O) groups is 1. The third-order valence-electron chi connectivity index (χ3n) is 2.38. The van der Waals surface area contributed by atoms with Crippen LogP contribution >= 0.6 is 0 Å². The molecule has 0 unspecified atom stereocenters. The zero-order chi connectivity index (χ0) is 14.3. The lowest BCUT2D eigenvalue weighted by atomic mass is 10.1. The number of hydrogen-bond donors (Lipinski definition) is 2. The third kappa shape index (κ3) is 5.21. The molecule has 19 heavy (non-hydrogen) atoms. The molecule has 0 fully saturated rings. The van der Waals surface area contributed by atoms with Gasteiger partial charge in [0.05, 0.1) is 24.5 Å². The lowest BCUT2D eigenvalue weighted by Gasteiger charge is -2.24. The number of rotatable bonds is 7. The summed E-state index contributed by atoms with van der Waals surface area (Å²) in [5.74, 6) is 0.355. The lowest BCUT2D eigenvalue weighted by molar-refractivity contribution is 0.0815. The van der Waals surface area contributed by atoms with Gasteiger partial charge in [0.1, 0.15) is 11.5 Å². The Bertz CT molecular complexity index is 421. The van der Waals surface area contributed by atoms with Gasteiger partial charge in [0.15, 0.2) is 0 Å². The van der Waals surface area contributed by atoms with E-state index in [2.05, 4.69) is 27.5 Å². The molecule has 6 heteroatoms. The second-order valence-electron chi connectivity index (χ2n) is 4.99. The van der Waals surface area contributed by atoms with E-state index in [1.165, 1.54) is 6.20 Å². The first-order valence-electron chi connectivity index (χ1n) is 6.36. The molecule has 0 aliphatic carbocycles. The summed E-state index contributed by atoms with van der Waals surface area (Å²) in [5.41, 5.74) is -0.148.